The molecule has 0 spiro atoms. The van der Waals surface area contributed by atoms with E-state index in [4.69, 9.17) is 5.11 Å². The van der Waals surface area contributed by atoms with Crippen LogP contribution in [0.3, 0.4) is 0 Å². The van der Waals surface area contributed by atoms with Crippen LogP contribution in [-0.2, 0) is 4.79 Å². The summed E-state index contributed by atoms with van der Waals surface area (Å²) in [5.74, 6) is -1.05. The lowest BCUT2D eigenvalue weighted by atomic mass is 10.2. The second kappa shape index (κ2) is 6.80. The molecular formula is C10H19F3N2O2. The van der Waals surface area contributed by atoms with Crippen molar-refractivity contribution in [1.82, 2.24) is 10.2 Å². The Morgan fingerprint density at radius 2 is 1.94 bits per heavy atom. The quantitative estimate of drug-likeness (QED) is 0.721. The maximum absolute atomic E-state index is 12.3. The summed E-state index contributed by atoms with van der Waals surface area (Å²) in [5, 5.41) is 11.3. The molecule has 0 bridgehead atoms. The summed E-state index contributed by atoms with van der Waals surface area (Å²) in [7, 11) is 1.47. The number of likely N-dealkylation sites (N-methyl/N-ethyl adjacent to an activating group) is 1. The van der Waals surface area contributed by atoms with Crippen LogP contribution in [0.4, 0.5) is 13.2 Å². The summed E-state index contributed by atoms with van der Waals surface area (Å²) in [4.78, 5) is 11.9. The van der Waals surface area contributed by atoms with Crippen LogP contribution in [-0.4, -0.2) is 54.4 Å². The molecule has 7 heteroatoms. The highest BCUT2D eigenvalue weighted by Gasteiger charge is 2.32. The third-order valence-corrected chi connectivity index (χ3v) is 2.46. The molecule has 102 valence electrons. The summed E-state index contributed by atoms with van der Waals surface area (Å²) < 4.78 is 36.8. The van der Waals surface area contributed by atoms with E-state index >= 15 is 0 Å². The predicted molar refractivity (Wildman–Crippen MR) is 57.9 cm³/mol. The van der Waals surface area contributed by atoms with E-state index in [2.05, 4.69) is 5.32 Å². The maximum Gasteiger partial charge on any atom is 0.401 e. The Hall–Kier alpha value is -0.820. The van der Waals surface area contributed by atoms with Gasteiger partial charge in [-0.25, -0.2) is 0 Å². The number of rotatable bonds is 7. The summed E-state index contributed by atoms with van der Waals surface area (Å²) in [6.45, 7) is 2.39. The van der Waals surface area contributed by atoms with Crippen molar-refractivity contribution in [2.75, 3.05) is 20.1 Å². The highest BCUT2D eigenvalue weighted by atomic mass is 19.4. The summed E-state index contributed by atoms with van der Waals surface area (Å²) in [6, 6.07) is -1.09. The third-order valence-electron chi connectivity index (χ3n) is 2.46. The number of alkyl halides is 3. The maximum atomic E-state index is 12.3. The van der Waals surface area contributed by atoms with Crippen molar-refractivity contribution in [3.8, 4) is 0 Å². The first-order chi connectivity index (χ1) is 7.67. The van der Waals surface area contributed by atoms with Crippen molar-refractivity contribution >= 4 is 5.97 Å². The molecule has 2 N–H and O–H groups in total. The minimum atomic E-state index is -4.26. The minimum Gasteiger partial charge on any atom is -0.480 e. The van der Waals surface area contributed by atoms with Gasteiger partial charge in [-0.2, -0.15) is 13.2 Å². The van der Waals surface area contributed by atoms with E-state index < -0.39 is 24.7 Å². The summed E-state index contributed by atoms with van der Waals surface area (Å²) in [5.41, 5.74) is 0. The van der Waals surface area contributed by atoms with Crippen molar-refractivity contribution in [2.24, 2.45) is 0 Å². The number of hydrogen-bond donors (Lipinski definition) is 2. The monoisotopic (exact) mass is 256 g/mol. The second-order valence-corrected chi connectivity index (χ2v) is 4.15. The average molecular weight is 256 g/mol. The van der Waals surface area contributed by atoms with Crippen LogP contribution in [0.25, 0.3) is 0 Å². The molecule has 4 nitrogen and oxygen atoms in total. The fraction of sp³-hybridized carbons (Fsp3) is 0.900. The molecule has 0 aliphatic rings. The number of hydrogen-bond acceptors (Lipinski definition) is 3. The largest absolute Gasteiger partial charge is 0.480 e. The van der Waals surface area contributed by atoms with E-state index in [0.717, 1.165) is 0 Å². The van der Waals surface area contributed by atoms with Crippen molar-refractivity contribution in [2.45, 2.75) is 38.5 Å². The van der Waals surface area contributed by atoms with Gasteiger partial charge >= 0.3 is 12.1 Å². The molecule has 0 aromatic heterocycles. The van der Waals surface area contributed by atoms with E-state index in [0.29, 0.717) is 0 Å². The molecule has 0 saturated carbocycles. The molecule has 1 unspecified atom stereocenters. The topological polar surface area (TPSA) is 52.6 Å². The highest BCUT2D eigenvalue weighted by molar-refractivity contribution is 5.73. The minimum absolute atomic E-state index is 0.0922. The standard InChI is InChI=1S/C10H19F3N2O2/c1-7(2)15(6-10(11,12)13)5-4-8(14-3)9(16)17/h7-8,14H,4-6H2,1-3H3,(H,16,17). The molecule has 0 amide bonds. The van der Waals surface area contributed by atoms with Gasteiger partial charge < -0.3 is 10.4 Å². The first kappa shape index (κ1) is 16.2. The van der Waals surface area contributed by atoms with Crippen molar-refractivity contribution in [3.05, 3.63) is 0 Å². The number of carboxylic acids is 1. The van der Waals surface area contributed by atoms with Crippen LogP contribution in [0, 0.1) is 0 Å². The van der Waals surface area contributed by atoms with Gasteiger partial charge in [-0.15, -0.1) is 0 Å². The van der Waals surface area contributed by atoms with Crippen LogP contribution in [0.1, 0.15) is 20.3 Å². The zero-order valence-electron chi connectivity index (χ0n) is 10.2. The molecule has 0 radical (unpaired) electrons. The molecule has 1 atom stereocenters. The first-order valence-electron chi connectivity index (χ1n) is 5.38. The highest BCUT2D eigenvalue weighted by Crippen LogP contribution is 2.18. The molecule has 0 rings (SSSR count). The second-order valence-electron chi connectivity index (χ2n) is 4.15. The van der Waals surface area contributed by atoms with Gasteiger partial charge in [-0.1, -0.05) is 0 Å². The van der Waals surface area contributed by atoms with E-state index in [1.165, 1.54) is 11.9 Å². The Balaban J connectivity index is 4.31. The van der Waals surface area contributed by atoms with E-state index in [9.17, 15) is 18.0 Å². The summed E-state index contributed by atoms with van der Waals surface area (Å²) >= 11 is 0. The lowest BCUT2D eigenvalue weighted by molar-refractivity contribution is -0.150. The molecule has 0 aliphatic carbocycles. The fourth-order valence-corrected chi connectivity index (χ4v) is 1.44. The van der Waals surface area contributed by atoms with E-state index in [1.807, 2.05) is 0 Å². The van der Waals surface area contributed by atoms with Crippen molar-refractivity contribution < 1.29 is 23.1 Å². The normalized spacial score (nSPS) is 14.4. The van der Waals surface area contributed by atoms with Gasteiger partial charge in [0.1, 0.15) is 6.04 Å². The van der Waals surface area contributed by atoms with Crippen LogP contribution in [0.15, 0.2) is 0 Å². The third kappa shape index (κ3) is 7.17. The molecule has 0 fully saturated rings. The van der Waals surface area contributed by atoms with Gasteiger partial charge in [-0.3, -0.25) is 9.69 Å². The van der Waals surface area contributed by atoms with Gasteiger partial charge in [0.2, 0.25) is 0 Å². The number of halogens is 3. The van der Waals surface area contributed by atoms with Crippen LogP contribution in [0.2, 0.25) is 0 Å². The van der Waals surface area contributed by atoms with Gasteiger partial charge in [0.15, 0.2) is 0 Å². The Labute approximate surface area is 98.8 Å². The predicted octanol–water partition coefficient (Wildman–Crippen LogP) is 1.32. The average Bonchev–Trinajstić information content (AvgIpc) is 2.14. The molecule has 17 heavy (non-hydrogen) atoms. The smallest absolute Gasteiger partial charge is 0.401 e. The Bertz CT molecular complexity index is 244. The van der Waals surface area contributed by atoms with Gasteiger partial charge in [0.05, 0.1) is 6.54 Å². The Morgan fingerprint density at radius 1 is 1.41 bits per heavy atom. The molecule has 0 aromatic carbocycles. The van der Waals surface area contributed by atoms with Crippen LogP contribution >= 0.6 is 0 Å². The summed E-state index contributed by atoms with van der Waals surface area (Å²) in [6.07, 6.45) is -4.12. The zero-order chi connectivity index (χ0) is 13.6. The fourth-order valence-electron chi connectivity index (χ4n) is 1.44. The lowest BCUT2D eigenvalue weighted by Crippen LogP contribution is -2.43. The SMILES string of the molecule is CNC(CCN(CC(F)(F)F)C(C)C)C(=O)O. The van der Waals surface area contributed by atoms with Gasteiger partial charge in [-0.05, 0) is 27.3 Å². The number of nitrogens with one attached hydrogen (secondary N) is 1. The van der Waals surface area contributed by atoms with Crippen LogP contribution < -0.4 is 5.32 Å². The lowest BCUT2D eigenvalue weighted by Gasteiger charge is -2.28. The number of aliphatic carboxylic acids is 1. The molecule has 0 aromatic rings. The zero-order valence-corrected chi connectivity index (χ0v) is 10.2. The number of carboxylic acid groups (broad SMARTS) is 1. The first-order valence-corrected chi connectivity index (χ1v) is 5.38. The Morgan fingerprint density at radius 3 is 2.24 bits per heavy atom. The van der Waals surface area contributed by atoms with Crippen molar-refractivity contribution in [1.29, 1.82) is 0 Å². The van der Waals surface area contributed by atoms with Crippen LogP contribution in [0.5, 0.6) is 0 Å². The number of carbonyl (C=O) groups is 1. The molecule has 0 saturated heterocycles. The van der Waals surface area contributed by atoms with E-state index in [1.54, 1.807) is 13.8 Å². The molecule has 0 aliphatic heterocycles. The van der Waals surface area contributed by atoms with Gasteiger partial charge in [0.25, 0.3) is 0 Å². The Kier molecular flexibility index (Phi) is 6.48. The van der Waals surface area contributed by atoms with E-state index in [-0.39, 0.29) is 19.0 Å². The molecular weight excluding hydrogens is 237 g/mol. The molecule has 0 heterocycles. The van der Waals surface area contributed by atoms with Gasteiger partial charge in [0, 0.05) is 12.6 Å². The van der Waals surface area contributed by atoms with Crippen molar-refractivity contribution in [3.63, 3.8) is 0 Å². The number of nitrogens with zero attached hydrogens (tertiary/aromatic N) is 1.